The summed E-state index contributed by atoms with van der Waals surface area (Å²) < 4.78 is 0. The predicted molar refractivity (Wildman–Crippen MR) is 64.8 cm³/mol. The highest BCUT2D eigenvalue weighted by Gasteiger charge is 2.31. The molecule has 1 saturated heterocycles. The second-order valence-corrected chi connectivity index (χ2v) is 4.65. The Kier molecular flexibility index (Phi) is 3.43. The number of aromatic hydroxyl groups is 1. The Morgan fingerprint density at radius 2 is 2.11 bits per heavy atom. The van der Waals surface area contributed by atoms with Crippen molar-refractivity contribution in [2.24, 2.45) is 5.92 Å². The molecule has 0 saturated carbocycles. The summed E-state index contributed by atoms with van der Waals surface area (Å²) in [7, 11) is 0. The number of carbonyl (C=O) groups is 2. The predicted octanol–water partition coefficient (Wildman–Crippen LogP) is 1.59. The summed E-state index contributed by atoms with van der Waals surface area (Å²) in [5, 5.41) is 18.2. The standard InChI is InChI=1S/C12H12ClNO4/c13-9-5-7(1-2-10(9)15)11(16)14-4-3-8(6-14)12(17)18/h1-2,5,8,15H,3-4,6H2,(H,17,18). The molecule has 0 aliphatic carbocycles. The molecule has 0 bridgehead atoms. The van der Waals surface area contributed by atoms with Gasteiger partial charge in [-0.15, -0.1) is 0 Å². The molecule has 1 heterocycles. The van der Waals surface area contributed by atoms with Crippen LogP contribution in [0.25, 0.3) is 0 Å². The minimum absolute atomic E-state index is 0.0851. The summed E-state index contributed by atoms with van der Waals surface area (Å²) >= 11 is 5.73. The van der Waals surface area contributed by atoms with Gasteiger partial charge in [0.25, 0.3) is 5.91 Å². The lowest BCUT2D eigenvalue weighted by Crippen LogP contribution is -2.29. The smallest absolute Gasteiger partial charge is 0.308 e. The number of hydrogen-bond donors (Lipinski definition) is 2. The van der Waals surface area contributed by atoms with Crippen molar-refractivity contribution in [2.45, 2.75) is 6.42 Å². The molecule has 0 spiro atoms. The van der Waals surface area contributed by atoms with Crippen LogP contribution >= 0.6 is 11.6 Å². The van der Waals surface area contributed by atoms with E-state index in [4.69, 9.17) is 16.7 Å². The minimum atomic E-state index is -0.881. The second kappa shape index (κ2) is 4.86. The van der Waals surface area contributed by atoms with Gasteiger partial charge in [0.2, 0.25) is 0 Å². The van der Waals surface area contributed by atoms with E-state index in [0.717, 1.165) is 0 Å². The van der Waals surface area contributed by atoms with Crippen LogP contribution in [0.2, 0.25) is 5.02 Å². The fourth-order valence-corrected chi connectivity index (χ4v) is 2.15. The molecule has 18 heavy (non-hydrogen) atoms. The molecule has 1 aromatic carbocycles. The van der Waals surface area contributed by atoms with Gasteiger partial charge < -0.3 is 15.1 Å². The quantitative estimate of drug-likeness (QED) is 0.855. The first-order chi connectivity index (χ1) is 8.49. The van der Waals surface area contributed by atoms with Crippen LogP contribution in [0.3, 0.4) is 0 Å². The Morgan fingerprint density at radius 3 is 2.67 bits per heavy atom. The Hall–Kier alpha value is -1.75. The van der Waals surface area contributed by atoms with Crippen LogP contribution in [0.4, 0.5) is 0 Å². The lowest BCUT2D eigenvalue weighted by atomic mass is 10.1. The minimum Gasteiger partial charge on any atom is -0.506 e. The molecular formula is C12H12ClNO4. The molecule has 0 radical (unpaired) electrons. The van der Waals surface area contributed by atoms with Crippen molar-refractivity contribution >= 4 is 23.5 Å². The van der Waals surface area contributed by atoms with Gasteiger partial charge in [-0.3, -0.25) is 9.59 Å². The number of carboxylic acid groups (broad SMARTS) is 1. The molecule has 1 aliphatic rings. The van der Waals surface area contributed by atoms with Crippen molar-refractivity contribution in [1.29, 1.82) is 0 Å². The number of nitrogens with zero attached hydrogens (tertiary/aromatic N) is 1. The van der Waals surface area contributed by atoms with Crippen molar-refractivity contribution in [3.8, 4) is 5.75 Å². The monoisotopic (exact) mass is 269 g/mol. The average Bonchev–Trinajstić information content (AvgIpc) is 2.81. The Labute approximate surface area is 109 Å². The van der Waals surface area contributed by atoms with Crippen molar-refractivity contribution in [3.63, 3.8) is 0 Å². The fraction of sp³-hybridized carbons (Fsp3) is 0.333. The van der Waals surface area contributed by atoms with Gasteiger partial charge in [0.15, 0.2) is 0 Å². The van der Waals surface area contributed by atoms with Crippen LogP contribution in [0.15, 0.2) is 18.2 Å². The topological polar surface area (TPSA) is 77.8 Å². The largest absolute Gasteiger partial charge is 0.506 e. The number of aliphatic carboxylic acids is 1. The van der Waals surface area contributed by atoms with Crippen LogP contribution < -0.4 is 0 Å². The highest BCUT2D eigenvalue weighted by atomic mass is 35.5. The van der Waals surface area contributed by atoms with Crippen LogP contribution in [-0.4, -0.2) is 40.1 Å². The summed E-state index contributed by atoms with van der Waals surface area (Å²) in [5.41, 5.74) is 0.351. The van der Waals surface area contributed by atoms with E-state index in [1.54, 1.807) is 0 Å². The maximum atomic E-state index is 12.1. The van der Waals surface area contributed by atoms with Gasteiger partial charge in [0.05, 0.1) is 10.9 Å². The van der Waals surface area contributed by atoms with Crippen LogP contribution in [0.5, 0.6) is 5.75 Å². The summed E-state index contributed by atoms with van der Waals surface area (Å²) in [6, 6.07) is 4.20. The number of benzene rings is 1. The molecule has 1 atom stereocenters. The van der Waals surface area contributed by atoms with E-state index in [1.165, 1.54) is 23.1 Å². The van der Waals surface area contributed by atoms with Gasteiger partial charge in [-0.2, -0.15) is 0 Å². The third-order valence-electron chi connectivity index (χ3n) is 3.02. The SMILES string of the molecule is O=C(O)C1CCN(C(=O)c2ccc(O)c(Cl)c2)C1. The number of rotatable bonds is 2. The first-order valence-corrected chi connectivity index (χ1v) is 5.87. The molecule has 1 aromatic rings. The molecule has 1 aliphatic heterocycles. The normalized spacial score (nSPS) is 18.9. The number of phenols is 1. The van der Waals surface area contributed by atoms with Crippen molar-refractivity contribution in [2.75, 3.05) is 13.1 Å². The number of amides is 1. The highest BCUT2D eigenvalue weighted by Crippen LogP contribution is 2.25. The number of carboxylic acids is 1. The summed E-state index contributed by atoms with van der Waals surface area (Å²) in [4.78, 5) is 24.4. The molecule has 5 nitrogen and oxygen atoms in total. The van der Waals surface area contributed by atoms with E-state index in [0.29, 0.717) is 18.5 Å². The van der Waals surface area contributed by atoms with Gasteiger partial charge in [-0.25, -0.2) is 0 Å². The van der Waals surface area contributed by atoms with Crippen molar-refractivity contribution in [1.82, 2.24) is 4.90 Å². The fourth-order valence-electron chi connectivity index (χ4n) is 1.97. The molecule has 1 fully saturated rings. The number of phenolic OH excluding ortho intramolecular Hbond substituents is 1. The lowest BCUT2D eigenvalue weighted by Gasteiger charge is -2.16. The average molecular weight is 270 g/mol. The van der Waals surface area contributed by atoms with Gasteiger partial charge in [-0.05, 0) is 24.6 Å². The molecule has 0 aromatic heterocycles. The third-order valence-corrected chi connectivity index (χ3v) is 3.32. The highest BCUT2D eigenvalue weighted by molar-refractivity contribution is 6.32. The van der Waals surface area contributed by atoms with Gasteiger partial charge in [0, 0.05) is 18.7 Å². The molecule has 1 unspecified atom stereocenters. The number of likely N-dealkylation sites (tertiary alicyclic amines) is 1. The van der Waals surface area contributed by atoms with Crippen LogP contribution in [0, 0.1) is 5.92 Å². The van der Waals surface area contributed by atoms with E-state index in [2.05, 4.69) is 0 Å². The summed E-state index contributed by atoms with van der Waals surface area (Å²) in [5.74, 6) is -1.73. The van der Waals surface area contributed by atoms with Crippen molar-refractivity contribution < 1.29 is 19.8 Å². The zero-order valence-electron chi connectivity index (χ0n) is 9.47. The van der Waals surface area contributed by atoms with E-state index < -0.39 is 11.9 Å². The molecule has 96 valence electrons. The molecule has 2 rings (SSSR count). The molecule has 1 amide bonds. The van der Waals surface area contributed by atoms with Crippen molar-refractivity contribution in [3.05, 3.63) is 28.8 Å². The summed E-state index contributed by atoms with van der Waals surface area (Å²) in [6.07, 6.45) is 0.465. The van der Waals surface area contributed by atoms with Crippen LogP contribution in [-0.2, 0) is 4.79 Å². The molecule has 6 heteroatoms. The molecular weight excluding hydrogens is 258 g/mol. The van der Waals surface area contributed by atoms with E-state index in [-0.39, 0.29) is 23.2 Å². The van der Waals surface area contributed by atoms with E-state index in [1.807, 2.05) is 0 Å². The zero-order chi connectivity index (χ0) is 13.3. The van der Waals surface area contributed by atoms with Gasteiger partial charge in [-0.1, -0.05) is 11.6 Å². The Balaban J connectivity index is 2.12. The number of carbonyl (C=O) groups excluding carboxylic acids is 1. The van der Waals surface area contributed by atoms with Gasteiger partial charge in [0.1, 0.15) is 5.75 Å². The number of halogens is 1. The Morgan fingerprint density at radius 1 is 1.39 bits per heavy atom. The zero-order valence-corrected chi connectivity index (χ0v) is 10.2. The maximum absolute atomic E-state index is 12.1. The third kappa shape index (κ3) is 2.41. The van der Waals surface area contributed by atoms with E-state index >= 15 is 0 Å². The second-order valence-electron chi connectivity index (χ2n) is 4.24. The lowest BCUT2D eigenvalue weighted by molar-refractivity contribution is -0.141. The molecule has 2 N–H and O–H groups in total. The Bertz CT molecular complexity index is 503. The van der Waals surface area contributed by atoms with Crippen LogP contribution in [0.1, 0.15) is 16.8 Å². The van der Waals surface area contributed by atoms with Gasteiger partial charge >= 0.3 is 5.97 Å². The maximum Gasteiger partial charge on any atom is 0.308 e. The summed E-state index contributed by atoms with van der Waals surface area (Å²) in [6.45, 7) is 0.640. The van der Waals surface area contributed by atoms with E-state index in [9.17, 15) is 14.7 Å². The number of hydrogen-bond acceptors (Lipinski definition) is 3. The first-order valence-electron chi connectivity index (χ1n) is 5.49. The first kappa shape index (κ1) is 12.7.